The van der Waals surface area contributed by atoms with Crippen molar-refractivity contribution in [1.29, 1.82) is 0 Å². The van der Waals surface area contributed by atoms with Gasteiger partial charge in [0.25, 0.3) is 0 Å². The van der Waals surface area contributed by atoms with E-state index < -0.39 is 28.8 Å². The van der Waals surface area contributed by atoms with Gasteiger partial charge in [0.05, 0.1) is 10.6 Å². The topological polar surface area (TPSA) is 152 Å². The van der Waals surface area contributed by atoms with Gasteiger partial charge in [-0.1, -0.05) is 0 Å². The van der Waals surface area contributed by atoms with Crippen LogP contribution in [0, 0.1) is 10.1 Å². The smallest absolute Gasteiger partial charge is 0.463 e. The second kappa shape index (κ2) is 9.51. The van der Waals surface area contributed by atoms with Crippen molar-refractivity contribution in [2.45, 2.75) is 25.2 Å². The zero-order valence-electron chi connectivity index (χ0n) is 16.2. The number of nitro groups is 1. The Balaban J connectivity index is 1.81. The first kappa shape index (κ1) is 22.8. The number of carbonyl (C=O) groups is 1. The Hall–Kier alpha value is -3.88. The average Bonchev–Trinajstić information content (AvgIpc) is 2.72. The lowest BCUT2D eigenvalue weighted by molar-refractivity contribution is -0.384. The monoisotopic (exact) mass is 458 g/mol. The van der Waals surface area contributed by atoms with Crippen molar-refractivity contribution >= 4 is 29.2 Å². The molecule has 2 heterocycles. The third-order valence-corrected chi connectivity index (χ3v) is 4.26. The summed E-state index contributed by atoms with van der Waals surface area (Å²) in [6.45, 7) is 0.949. The molecule has 12 nitrogen and oxygen atoms in total. The van der Waals surface area contributed by atoms with Crippen LogP contribution in [0.2, 0.25) is 0 Å². The fraction of sp³-hybridized carbons (Fsp3) is 0.353. The number of halogens is 3. The van der Waals surface area contributed by atoms with E-state index in [0.717, 1.165) is 30.5 Å². The number of alkyl halides is 3. The van der Waals surface area contributed by atoms with Crippen LogP contribution in [0.3, 0.4) is 0 Å². The van der Waals surface area contributed by atoms with Gasteiger partial charge in [0, 0.05) is 19.3 Å². The second-order valence-electron chi connectivity index (χ2n) is 6.49. The maximum absolute atomic E-state index is 12.3. The molecule has 0 saturated carbocycles. The molecule has 172 valence electrons. The van der Waals surface area contributed by atoms with Gasteiger partial charge in [-0.25, -0.2) is 9.78 Å². The van der Waals surface area contributed by atoms with E-state index in [1.807, 2.05) is 0 Å². The molecule has 0 atom stereocenters. The number of hydrazine groups is 1. The van der Waals surface area contributed by atoms with Gasteiger partial charge in [0.2, 0.25) is 11.8 Å². The number of rotatable bonds is 7. The quantitative estimate of drug-likeness (QED) is 0.416. The summed E-state index contributed by atoms with van der Waals surface area (Å²) < 4.78 is 45.9. The molecule has 2 aromatic rings. The van der Waals surface area contributed by atoms with Gasteiger partial charge >= 0.3 is 18.1 Å². The van der Waals surface area contributed by atoms with Crippen molar-refractivity contribution in [2.75, 3.05) is 29.0 Å². The number of benzene rings is 1. The summed E-state index contributed by atoms with van der Waals surface area (Å²) in [5.74, 6) is -0.942. The number of amides is 1. The van der Waals surface area contributed by atoms with Gasteiger partial charge < -0.3 is 19.9 Å². The molecule has 0 spiro atoms. The van der Waals surface area contributed by atoms with Crippen LogP contribution in [0.5, 0.6) is 5.75 Å². The van der Waals surface area contributed by atoms with E-state index in [0.29, 0.717) is 31.1 Å². The minimum Gasteiger partial charge on any atom is -0.463 e. The molecule has 0 bridgehead atoms. The van der Waals surface area contributed by atoms with Gasteiger partial charge in [-0.05, 0) is 37.1 Å². The SMILES string of the molecule is O=C(O)N(Nc1ncc([N+](=O)[O-])c(NC2CCOCC2)n1)c1ccc(OC(F)(F)F)cc1. The number of nitrogens with one attached hydrogen (secondary N) is 2. The maximum atomic E-state index is 12.3. The molecular formula is C17H17F3N6O6. The fourth-order valence-electron chi connectivity index (χ4n) is 2.82. The molecule has 3 N–H and O–H groups in total. The Kier molecular flexibility index (Phi) is 6.77. The summed E-state index contributed by atoms with van der Waals surface area (Å²) in [6, 6.07) is 3.84. The van der Waals surface area contributed by atoms with E-state index in [-0.39, 0.29) is 23.5 Å². The lowest BCUT2D eigenvalue weighted by atomic mass is 10.1. The highest BCUT2D eigenvalue weighted by Crippen LogP contribution is 2.27. The molecule has 1 aromatic carbocycles. The molecule has 0 unspecified atom stereocenters. The highest BCUT2D eigenvalue weighted by molar-refractivity contribution is 5.88. The van der Waals surface area contributed by atoms with Gasteiger partial charge in [0.15, 0.2) is 0 Å². The number of anilines is 3. The summed E-state index contributed by atoms with van der Waals surface area (Å²) in [5, 5.41) is 24.3. The molecule has 0 radical (unpaired) electrons. The Labute approximate surface area is 178 Å². The van der Waals surface area contributed by atoms with Crippen molar-refractivity contribution in [2.24, 2.45) is 0 Å². The second-order valence-corrected chi connectivity index (χ2v) is 6.49. The van der Waals surface area contributed by atoms with Gasteiger partial charge in [0.1, 0.15) is 11.9 Å². The first-order valence-corrected chi connectivity index (χ1v) is 9.13. The standard InChI is InChI=1S/C17H17F3N6O6/c18-17(19,20)32-12-3-1-11(2-4-12)25(16(27)28)24-15-21-9-13(26(29)30)14(23-15)22-10-5-7-31-8-6-10/h1-4,9-10H,5-8H2,(H,27,28)(H2,21,22,23,24). The number of carboxylic acid groups (broad SMARTS) is 1. The summed E-state index contributed by atoms with van der Waals surface area (Å²) in [5.41, 5.74) is 1.89. The number of hydrogen-bond acceptors (Lipinski definition) is 9. The van der Waals surface area contributed by atoms with Crippen LogP contribution < -0.4 is 20.5 Å². The van der Waals surface area contributed by atoms with E-state index >= 15 is 0 Å². The molecule has 1 aliphatic heterocycles. The van der Waals surface area contributed by atoms with E-state index in [4.69, 9.17) is 4.74 Å². The normalized spacial score (nSPS) is 14.5. The predicted molar refractivity (Wildman–Crippen MR) is 103 cm³/mol. The van der Waals surface area contributed by atoms with Crippen molar-refractivity contribution < 1.29 is 37.5 Å². The zero-order valence-corrected chi connectivity index (χ0v) is 16.2. The van der Waals surface area contributed by atoms with Crippen LogP contribution in [-0.4, -0.2) is 51.7 Å². The summed E-state index contributed by atoms with van der Waals surface area (Å²) in [7, 11) is 0. The highest BCUT2D eigenvalue weighted by Gasteiger charge is 2.31. The molecular weight excluding hydrogens is 441 g/mol. The molecule has 1 fully saturated rings. The highest BCUT2D eigenvalue weighted by atomic mass is 19.4. The van der Waals surface area contributed by atoms with Gasteiger partial charge in [-0.3, -0.25) is 15.5 Å². The third kappa shape index (κ3) is 6.07. The molecule has 3 rings (SSSR count). The molecule has 1 aromatic heterocycles. The van der Waals surface area contributed by atoms with E-state index in [2.05, 4.69) is 25.4 Å². The number of aromatic nitrogens is 2. The molecule has 1 saturated heterocycles. The minimum atomic E-state index is -4.90. The van der Waals surface area contributed by atoms with Crippen LogP contribution in [0.1, 0.15) is 12.8 Å². The van der Waals surface area contributed by atoms with E-state index in [9.17, 15) is 33.2 Å². The Morgan fingerprint density at radius 1 is 1.28 bits per heavy atom. The summed E-state index contributed by atoms with van der Waals surface area (Å²) in [4.78, 5) is 30.0. The lowest BCUT2D eigenvalue weighted by Gasteiger charge is -2.24. The van der Waals surface area contributed by atoms with Crippen LogP contribution >= 0.6 is 0 Å². The maximum Gasteiger partial charge on any atom is 0.573 e. The van der Waals surface area contributed by atoms with Crippen LogP contribution in [0.25, 0.3) is 0 Å². The Morgan fingerprint density at radius 2 is 1.94 bits per heavy atom. The van der Waals surface area contributed by atoms with Crippen LogP contribution in [0.4, 0.5) is 41.1 Å². The first-order valence-electron chi connectivity index (χ1n) is 9.13. The predicted octanol–water partition coefficient (Wildman–Crippen LogP) is 3.39. The number of ether oxygens (including phenoxy) is 2. The van der Waals surface area contributed by atoms with Crippen LogP contribution in [0.15, 0.2) is 30.5 Å². The number of nitrogens with zero attached hydrogens (tertiary/aromatic N) is 4. The minimum absolute atomic E-state index is 0.0760. The summed E-state index contributed by atoms with van der Waals surface area (Å²) in [6.07, 6.45) is -4.32. The fourth-order valence-corrected chi connectivity index (χ4v) is 2.82. The molecule has 0 aliphatic carbocycles. The van der Waals surface area contributed by atoms with Gasteiger partial charge in [-0.2, -0.15) is 9.99 Å². The van der Waals surface area contributed by atoms with Crippen molar-refractivity contribution in [1.82, 2.24) is 9.97 Å². The lowest BCUT2D eigenvalue weighted by Crippen LogP contribution is -2.36. The van der Waals surface area contributed by atoms with E-state index in [1.54, 1.807) is 0 Å². The largest absolute Gasteiger partial charge is 0.573 e. The van der Waals surface area contributed by atoms with Crippen molar-refractivity contribution in [3.05, 3.63) is 40.6 Å². The Bertz CT molecular complexity index is 968. The molecule has 1 aliphatic rings. The molecule has 15 heteroatoms. The Morgan fingerprint density at radius 3 is 2.50 bits per heavy atom. The number of hydrogen-bond donors (Lipinski definition) is 3. The third-order valence-electron chi connectivity index (χ3n) is 4.26. The van der Waals surface area contributed by atoms with Gasteiger partial charge in [-0.15, -0.1) is 13.2 Å². The van der Waals surface area contributed by atoms with Crippen molar-refractivity contribution in [3.8, 4) is 5.75 Å². The zero-order chi connectivity index (χ0) is 23.3. The first-order chi connectivity index (χ1) is 15.1. The van der Waals surface area contributed by atoms with Crippen molar-refractivity contribution in [3.63, 3.8) is 0 Å². The molecule has 32 heavy (non-hydrogen) atoms. The van der Waals surface area contributed by atoms with Crippen LogP contribution in [-0.2, 0) is 4.74 Å². The van der Waals surface area contributed by atoms with E-state index in [1.165, 1.54) is 0 Å². The summed E-state index contributed by atoms with van der Waals surface area (Å²) >= 11 is 0. The molecule has 1 amide bonds. The average molecular weight is 458 g/mol.